The van der Waals surface area contributed by atoms with Crippen molar-refractivity contribution in [2.75, 3.05) is 25.4 Å². The van der Waals surface area contributed by atoms with E-state index in [9.17, 15) is 4.79 Å². The first kappa shape index (κ1) is 13.3. The third kappa shape index (κ3) is 3.42. The molecule has 1 atom stereocenters. The molecule has 0 spiro atoms. The number of carbonyl (C=O) groups is 1. The molecule has 4 heteroatoms. The molecule has 1 aromatic rings. The van der Waals surface area contributed by atoms with Crippen LogP contribution in [0.4, 0.5) is 4.79 Å². The minimum atomic E-state index is -0.174. The molecule has 98 valence electrons. The predicted molar refractivity (Wildman–Crippen MR) is 74.9 cm³/mol. The lowest BCUT2D eigenvalue weighted by Crippen LogP contribution is -2.33. The molecule has 1 aliphatic heterocycles. The van der Waals surface area contributed by atoms with Crippen LogP contribution in [0.3, 0.4) is 0 Å². The first-order chi connectivity index (χ1) is 8.81. The Labute approximate surface area is 113 Å². The van der Waals surface area contributed by atoms with Gasteiger partial charge < -0.3 is 9.64 Å². The first-order valence-electron chi connectivity index (χ1n) is 6.39. The maximum absolute atomic E-state index is 11.7. The minimum Gasteiger partial charge on any atom is -0.450 e. The average Bonchev–Trinajstić information content (AvgIpc) is 2.66. The van der Waals surface area contributed by atoms with Crippen molar-refractivity contribution >= 4 is 17.9 Å². The molecule has 1 saturated heterocycles. The minimum absolute atomic E-state index is 0.174. The van der Waals surface area contributed by atoms with Crippen molar-refractivity contribution in [3.05, 3.63) is 35.9 Å². The quantitative estimate of drug-likeness (QED) is 0.821. The summed E-state index contributed by atoms with van der Waals surface area (Å²) in [5.74, 6) is 0.971. The van der Waals surface area contributed by atoms with E-state index in [1.54, 1.807) is 0 Å². The Morgan fingerprint density at radius 1 is 1.39 bits per heavy atom. The normalized spacial score (nSPS) is 20.3. The molecule has 1 fully saturated rings. The Morgan fingerprint density at radius 3 is 2.89 bits per heavy atom. The zero-order valence-corrected chi connectivity index (χ0v) is 11.5. The van der Waals surface area contributed by atoms with Crippen LogP contribution < -0.4 is 0 Å². The molecule has 0 saturated carbocycles. The molecule has 1 aliphatic rings. The van der Waals surface area contributed by atoms with Crippen molar-refractivity contribution in [1.29, 1.82) is 0 Å². The summed E-state index contributed by atoms with van der Waals surface area (Å²) in [6.07, 6.45) is 0.819. The van der Waals surface area contributed by atoms with Crippen molar-refractivity contribution in [2.24, 2.45) is 0 Å². The van der Waals surface area contributed by atoms with Gasteiger partial charge in [-0.15, -0.1) is 0 Å². The van der Waals surface area contributed by atoms with Crippen molar-refractivity contribution in [3.63, 3.8) is 0 Å². The predicted octanol–water partition coefficient (Wildman–Crippen LogP) is 3.32. The number of carbonyl (C=O) groups excluding carboxylic acids is 1. The van der Waals surface area contributed by atoms with Gasteiger partial charge in [-0.1, -0.05) is 30.3 Å². The molecule has 18 heavy (non-hydrogen) atoms. The maximum Gasteiger partial charge on any atom is 0.409 e. The van der Waals surface area contributed by atoms with Gasteiger partial charge in [0.2, 0.25) is 0 Å². The number of nitrogens with zero attached hydrogens (tertiary/aromatic N) is 1. The number of amides is 1. The topological polar surface area (TPSA) is 29.5 Å². The summed E-state index contributed by atoms with van der Waals surface area (Å²) in [7, 11) is 0. The van der Waals surface area contributed by atoms with Gasteiger partial charge in [0.05, 0.1) is 6.61 Å². The monoisotopic (exact) mass is 265 g/mol. The number of benzene rings is 1. The molecular formula is C14H19NO2S. The second kappa shape index (κ2) is 6.69. The highest BCUT2D eigenvalue weighted by molar-refractivity contribution is 7.99. The third-order valence-corrected chi connectivity index (χ3v) is 4.37. The van der Waals surface area contributed by atoms with Gasteiger partial charge in [0, 0.05) is 24.1 Å². The molecule has 2 rings (SSSR count). The van der Waals surface area contributed by atoms with E-state index in [0.29, 0.717) is 11.9 Å². The van der Waals surface area contributed by atoms with Gasteiger partial charge in [0.15, 0.2) is 0 Å². The van der Waals surface area contributed by atoms with Gasteiger partial charge in [0.1, 0.15) is 0 Å². The average molecular weight is 265 g/mol. The number of thioether (sulfide) groups is 1. The summed E-state index contributed by atoms with van der Waals surface area (Å²) in [6, 6.07) is 10.5. The third-order valence-electron chi connectivity index (χ3n) is 3.04. The highest BCUT2D eigenvalue weighted by Gasteiger charge is 2.22. The Morgan fingerprint density at radius 2 is 2.17 bits per heavy atom. The molecule has 0 bridgehead atoms. The fourth-order valence-electron chi connectivity index (χ4n) is 2.10. The van der Waals surface area contributed by atoms with E-state index < -0.39 is 0 Å². The summed E-state index contributed by atoms with van der Waals surface area (Å²) in [6.45, 7) is 3.86. The molecule has 0 aromatic heterocycles. The Kier molecular flexibility index (Phi) is 4.93. The summed E-state index contributed by atoms with van der Waals surface area (Å²) < 4.78 is 5.06. The molecule has 0 aliphatic carbocycles. The molecule has 1 aromatic carbocycles. The van der Waals surface area contributed by atoms with Gasteiger partial charge >= 0.3 is 6.09 Å². The first-order valence-corrected chi connectivity index (χ1v) is 7.44. The zero-order valence-electron chi connectivity index (χ0n) is 10.7. The summed E-state index contributed by atoms with van der Waals surface area (Å²) in [5.41, 5.74) is 1.35. The number of ether oxygens (including phenoxy) is 1. The van der Waals surface area contributed by atoms with Crippen molar-refractivity contribution in [3.8, 4) is 0 Å². The van der Waals surface area contributed by atoms with E-state index in [1.807, 2.05) is 29.7 Å². The molecular weight excluding hydrogens is 246 g/mol. The Balaban J connectivity index is 1.94. The van der Waals surface area contributed by atoms with Crippen LogP contribution >= 0.6 is 11.8 Å². The van der Waals surface area contributed by atoms with Crippen molar-refractivity contribution in [1.82, 2.24) is 4.90 Å². The van der Waals surface area contributed by atoms with E-state index in [4.69, 9.17) is 4.74 Å². The van der Waals surface area contributed by atoms with Gasteiger partial charge in [-0.2, -0.15) is 11.8 Å². The van der Waals surface area contributed by atoms with E-state index in [0.717, 1.165) is 25.3 Å². The molecule has 1 heterocycles. The van der Waals surface area contributed by atoms with Crippen LogP contribution in [-0.2, 0) is 4.74 Å². The van der Waals surface area contributed by atoms with Crippen molar-refractivity contribution in [2.45, 2.75) is 18.6 Å². The fourth-order valence-corrected chi connectivity index (χ4v) is 3.33. The van der Waals surface area contributed by atoms with Crippen LogP contribution in [0.5, 0.6) is 0 Å². The van der Waals surface area contributed by atoms with E-state index >= 15 is 0 Å². The zero-order chi connectivity index (χ0) is 12.8. The molecule has 3 nitrogen and oxygen atoms in total. The van der Waals surface area contributed by atoms with Crippen molar-refractivity contribution < 1.29 is 9.53 Å². The molecule has 0 unspecified atom stereocenters. The number of hydrogen-bond acceptors (Lipinski definition) is 3. The van der Waals surface area contributed by atoms with E-state index in [1.165, 1.54) is 5.56 Å². The highest BCUT2D eigenvalue weighted by atomic mass is 32.2. The number of rotatable bonds is 2. The second-order valence-electron chi connectivity index (χ2n) is 4.24. The largest absolute Gasteiger partial charge is 0.450 e. The van der Waals surface area contributed by atoms with Crippen LogP contribution in [-0.4, -0.2) is 36.4 Å². The van der Waals surface area contributed by atoms with Gasteiger partial charge in [0.25, 0.3) is 0 Å². The Hall–Kier alpha value is -1.16. The standard InChI is InChI=1S/C14H19NO2S/c1-2-17-14(16)15-9-8-13(18-11-10-15)12-6-4-3-5-7-12/h3-7,13H,2,8-11H2,1H3/t13-/m0/s1. The lowest BCUT2D eigenvalue weighted by molar-refractivity contribution is 0.109. The van der Waals surface area contributed by atoms with Crippen LogP contribution in [0, 0.1) is 0 Å². The van der Waals surface area contributed by atoms with E-state index in [2.05, 4.69) is 24.3 Å². The van der Waals surface area contributed by atoms with Gasteiger partial charge in [-0.25, -0.2) is 4.79 Å². The smallest absolute Gasteiger partial charge is 0.409 e. The molecule has 0 N–H and O–H groups in total. The highest BCUT2D eigenvalue weighted by Crippen LogP contribution is 2.34. The van der Waals surface area contributed by atoms with Gasteiger partial charge in [-0.05, 0) is 18.9 Å². The summed E-state index contributed by atoms with van der Waals surface area (Å²) >= 11 is 1.93. The van der Waals surface area contributed by atoms with Crippen LogP contribution in [0.15, 0.2) is 30.3 Å². The maximum atomic E-state index is 11.7. The van der Waals surface area contributed by atoms with Gasteiger partial charge in [-0.3, -0.25) is 0 Å². The second-order valence-corrected chi connectivity index (χ2v) is 5.56. The summed E-state index contributed by atoms with van der Waals surface area (Å²) in [5, 5.41) is 0.491. The van der Waals surface area contributed by atoms with Crippen LogP contribution in [0.1, 0.15) is 24.2 Å². The molecule has 0 radical (unpaired) electrons. The van der Waals surface area contributed by atoms with E-state index in [-0.39, 0.29) is 6.09 Å². The molecule has 1 amide bonds. The van der Waals surface area contributed by atoms with Crippen LogP contribution in [0.25, 0.3) is 0 Å². The van der Waals surface area contributed by atoms with Crippen LogP contribution in [0.2, 0.25) is 0 Å². The lowest BCUT2D eigenvalue weighted by Gasteiger charge is -2.19. The fraction of sp³-hybridized carbons (Fsp3) is 0.500. The Bertz CT molecular complexity index is 383. The SMILES string of the molecule is CCOC(=O)N1CCS[C@H](c2ccccc2)CC1. The number of hydrogen-bond donors (Lipinski definition) is 0. The lowest BCUT2D eigenvalue weighted by atomic mass is 10.1. The summed E-state index contributed by atoms with van der Waals surface area (Å²) in [4.78, 5) is 13.5.